The molecule has 0 aliphatic carbocycles. The fourth-order valence-corrected chi connectivity index (χ4v) is 0.204. The van der Waals surface area contributed by atoms with Crippen molar-refractivity contribution in [2.24, 2.45) is 0 Å². The van der Waals surface area contributed by atoms with Crippen molar-refractivity contribution < 1.29 is 0 Å². The standard InChI is InChI=1S/C5H10.C2H2/c1-3-5-4-2;1-2/h3H,1,4-5H2,2H3;1-2H. The summed E-state index contributed by atoms with van der Waals surface area (Å²) in [4.78, 5) is 0. The summed E-state index contributed by atoms with van der Waals surface area (Å²) in [5, 5.41) is 0. The fourth-order valence-electron chi connectivity index (χ4n) is 0.204. The Balaban J connectivity index is 0. The molecule has 0 nitrogen and oxygen atoms in total. The Morgan fingerprint density at radius 1 is 1.57 bits per heavy atom. The van der Waals surface area contributed by atoms with E-state index in [1.807, 2.05) is 6.08 Å². The van der Waals surface area contributed by atoms with Gasteiger partial charge < -0.3 is 0 Å². The van der Waals surface area contributed by atoms with Gasteiger partial charge in [-0.25, -0.2) is 0 Å². The van der Waals surface area contributed by atoms with Crippen LogP contribution in [0, 0.1) is 12.8 Å². The Morgan fingerprint density at radius 2 is 2.00 bits per heavy atom. The van der Waals surface area contributed by atoms with Crippen LogP contribution in [0.25, 0.3) is 0 Å². The highest BCUT2D eigenvalue weighted by Crippen LogP contribution is 1.82. The van der Waals surface area contributed by atoms with E-state index >= 15 is 0 Å². The Kier molecular flexibility index (Phi) is 25.3. The van der Waals surface area contributed by atoms with Gasteiger partial charge in [-0.15, -0.1) is 19.4 Å². The number of allylic oxidation sites excluding steroid dienone is 1. The Hall–Kier alpha value is -0.700. The van der Waals surface area contributed by atoms with Gasteiger partial charge in [0, 0.05) is 0 Å². The molecule has 40 valence electrons. The van der Waals surface area contributed by atoms with Gasteiger partial charge in [-0.1, -0.05) is 19.4 Å². The lowest BCUT2D eigenvalue weighted by molar-refractivity contribution is 0.961. The van der Waals surface area contributed by atoms with Crippen molar-refractivity contribution in [1.29, 1.82) is 0 Å². The first-order valence-electron chi connectivity index (χ1n) is 2.36. The van der Waals surface area contributed by atoms with Crippen LogP contribution in [-0.4, -0.2) is 0 Å². The van der Waals surface area contributed by atoms with Gasteiger partial charge in [0.25, 0.3) is 0 Å². The highest BCUT2D eigenvalue weighted by atomic mass is 13.7. The van der Waals surface area contributed by atoms with E-state index in [-0.39, 0.29) is 0 Å². The van der Waals surface area contributed by atoms with E-state index in [2.05, 4.69) is 26.3 Å². The van der Waals surface area contributed by atoms with E-state index in [0.29, 0.717) is 0 Å². The molecule has 0 heterocycles. The number of rotatable bonds is 2. The summed E-state index contributed by atoms with van der Waals surface area (Å²) < 4.78 is 0. The second-order valence-electron chi connectivity index (χ2n) is 1.08. The molecule has 0 aromatic heterocycles. The van der Waals surface area contributed by atoms with Gasteiger partial charge in [0.15, 0.2) is 0 Å². The summed E-state index contributed by atoms with van der Waals surface area (Å²) in [7, 11) is 0. The minimum absolute atomic E-state index is 1.15. The zero-order valence-corrected chi connectivity index (χ0v) is 4.85. The highest BCUT2D eigenvalue weighted by Gasteiger charge is 1.61. The third kappa shape index (κ3) is 34.2. The van der Waals surface area contributed by atoms with Crippen LogP contribution < -0.4 is 0 Å². The quantitative estimate of drug-likeness (QED) is 0.365. The summed E-state index contributed by atoms with van der Waals surface area (Å²) >= 11 is 0. The minimum Gasteiger partial charge on any atom is -0.124 e. The average molecular weight is 96.2 g/mol. The Bertz CT molecular complexity index is 41.2. The van der Waals surface area contributed by atoms with E-state index < -0.39 is 0 Å². The van der Waals surface area contributed by atoms with Crippen LogP contribution in [0.5, 0.6) is 0 Å². The van der Waals surface area contributed by atoms with E-state index in [0.717, 1.165) is 6.42 Å². The molecule has 0 heteroatoms. The average Bonchev–Trinajstić information content (AvgIpc) is 1.75. The van der Waals surface area contributed by atoms with Crippen molar-refractivity contribution in [2.45, 2.75) is 19.8 Å². The van der Waals surface area contributed by atoms with Gasteiger partial charge in [-0.05, 0) is 6.42 Å². The van der Waals surface area contributed by atoms with E-state index in [1.54, 1.807) is 0 Å². The molecule has 0 bridgehead atoms. The largest absolute Gasteiger partial charge is 0.124 e. The molecular weight excluding hydrogens is 84.1 g/mol. The first kappa shape index (κ1) is 9.57. The van der Waals surface area contributed by atoms with Gasteiger partial charge in [0.2, 0.25) is 0 Å². The highest BCUT2D eigenvalue weighted by molar-refractivity contribution is 4.63. The lowest BCUT2D eigenvalue weighted by Gasteiger charge is -1.72. The molecule has 0 saturated heterocycles. The zero-order valence-electron chi connectivity index (χ0n) is 4.85. The maximum atomic E-state index is 4.00. The monoisotopic (exact) mass is 96.1 g/mol. The van der Waals surface area contributed by atoms with Crippen LogP contribution in [0.4, 0.5) is 0 Å². The maximum absolute atomic E-state index is 4.00. The molecule has 0 amide bonds. The second kappa shape index (κ2) is 18.5. The van der Waals surface area contributed by atoms with Crippen LogP contribution in [-0.2, 0) is 0 Å². The maximum Gasteiger partial charge on any atom is -0.0356 e. The molecule has 0 aromatic rings. The van der Waals surface area contributed by atoms with Gasteiger partial charge in [-0.2, -0.15) is 0 Å². The number of terminal acetylenes is 1. The third-order valence-electron chi connectivity index (χ3n) is 0.493. The number of hydrogen-bond acceptors (Lipinski definition) is 0. The first-order chi connectivity index (χ1) is 3.41. The van der Waals surface area contributed by atoms with Gasteiger partial charge in [0.1, 0.15) is 0 Å². The van der Waals surface area contributed by atoms with Crippen molar-refractivity contribution in [1.82, 2.24) is 0 Å². The van der Waals surface area contributed by atoms with E-state index in [9.17, 15) is 0 Å². The van der Waals surface area contributed by atoms with Crippen molar-refractivity contribution in [3.8, 4) is 12.8 Å². The summed E-state index contributed by atoms with van der Waals surface area (Å²) in [6, 6.07) is 0. The molecular formula is C7H12. The predicted octanol–water partition coefficient (Wildman–Crippen LogP) is 2.22. The van der Waals surface area contributed by atoms with Crippen LogP contribution in [0.15, 0.2) is 12.7 Å². The lowest BCUT2D eigenvalue weighted by Crippen LogP contribution is -1.52. The summed E-state index contributed by atoms with van der Waals surface area (Å²) in [6.07, 6.45) is 12.3. The van der Waals surface area contributed by atoms with Crippen molar-refractivity contribution in [3.63, 3.8) is 0 Å². The molecule has 0 unspecified atom stereocenters. The lowest BCUT2D eigenvalue weighted by atomic mass is 10.3. The molecule has 0 N–H and O–H groups in total. The summed E-state index contributed by atoms with van der Waals surface area (Å²) in [6.45, 7) is 5.69. The number of unbranched alkanes of at least 4 members (excludes halogenated alkanes) is 1. The Labute approximate surface area is 46.2 Å². The first-order valence-corrected chi connectivity index (χ1v) is 2.36. The topological polar surface area (TPSA) is 0 Å². The van der Waals surface area contributed by atoms with Crippen LogP contribution in [0.2, 0.25) is 0 Å². The zero-order chi connectivity index (χ0) is 6.12. The molecule has 0 radical (unpaired) electrons. The van der Waals surface area contributed by atoms with Crippen molar-refractivity contribution >= 4 is 0 Å². The molecule has 0 spiro atoms. The van der Waals surface area contributed by atoms with Gasteiger partial charge in [0.05, 0.1) is 0 Å². The van der Waals surface area contributed by atoms with E-state index in [1.165, 1.54) is 6.42 Å². The molecule has 0 saturated carbocycles. The van der Waals surface area contributed by atoms with Gasteiger partial charge >= 0.3 is 0 Å². The molecule has 0 rings (SSSR count). The fraction of sp³-hybridized carbons (Fsp3) is 0.429. The van der Waals surface area contributed by atoms with Crippen molar-refractivity contribution in [3.05, 3.63) is 12.7 Å². The molecule has 7 heavy (non-hydrogen) atoms. The van der Waals surface area contributed by atoms with Crippen LogP contribution in [0.3, 0.4) is 0 Å². The van der Waals surface area contributed by atoms with Crippen LogP contribution in [0.1, 0.15) is 19.8 Å². The SMILES string of the molecule is C#C.C=CCCC. The predicted molar refractivity (Wildman–Crippen MR) is 35.0 cm³/mol. The summed E-state index contributed by atoms with van der Waals surface area (Å²) in [5.74, 6) is 0. The molecule has 0 atom stereocenters. The molecule has 0 aliphatic heterocycles. The Morgan fingerprint density at radius 3 is 2.00 bits per heavy atom. The number of hydrogen-bond donors (Lipinski definition) is 0. The molecule has 0 aromatic carbocycles. The smallest absolute Gasteiger partial charge is 0.0356 e. The molecule has 0 aliphatic rings. The van der Waals surface area contributed by atoms with Crippen molar-refractivity contribution in [2.75, 3.05) is 0 Å². The van der Waals surface area contributed by atoms with Crippen LogP contribution >= 0.6 is 0 Å². The normalized spacial score (nSPS) is 5.57. The van der Waals surface area contributed by atoms with E-state index in [4.69, 9.17) is 0 Å². The second-order valence-corrected chi connectivity index (χ2v) is 1.08. The third-order valence-corrected chi connectivity index (χ3v) is 0.493. The molecule has 0 fully saturated rings. The minimum atomic E-state index is 1.15. The van der Waals surface area contributed by atoms with Gasteiger partial charge in [-0.3, -0.25) is 0 Å². The summed E-state index contributed by atoms with van der Waals surface area (Å²) in [5.41, 5.74) is 0.